The molecule has 1 aliphatic carbocycles. The second-order valence-corrected chi connectivity index (χ2v) is 9.22. The fourth-order valence-corrected chi connectivity index (χ4v) is 4.28. The van der Waals surface area contributed by atoms with E-state index >= 15 is 0 Å². The Bertz CT molecular complexity index is 841. The van der Waals surface area contributed by atoms with E-state index in [1.54, 1.807) is 33.5 Å². The van der Waals surface area contributed by atoms with Crippen molar-refractivity contribution in [2.45, 2.75) is 57.7 Å². The molecule has 0 aliphatic heterocycles. The van der Waals surface area contributed by atoms with Crippen LogP contribution < -0.4 is 24.3 Å². The number of rotatable bonds is 8. The largest absolute Gasteiger partial charge is 0.493 e. The van der Waals surface area contributed by atoms with Crippen LogP contribution in [0.4, 0.5) is 0 Å². The van der Waals surface area contributed by atoms with Gasteiger partial charge in [0.25, 0.3) is 0 Å². The van der Waals surface area contributed by atoms with Crippen LogP contribution in [0.1, 0.15) is 39.2 Å². The molecule has 32 heavy (non-hydrogen) atoms. The maximum atomic E-state index is 10.4. The molecule has 0 saturated heterocycles. The number of methoxy groups -OCH3 is 3. The number of hydrogen-bond acceptors (Lipinski definition) is 6. The van der Waals surface area contributed by atoms with Crippen LogP contribution in [-0.2, 0) is 6.42 Å². The zero-order valence-electron chi connectivity index (χ0n) is 19.8. The average Bonchev–Trinajstić information content (AvgIpc) is 3.05. The second kappa shape index (κ2) is 11.1. The molecule has 178 valence electrons. The van der Waals surface area contributed by atoms with E-state index in [1.807, 2.05) is 12.1 Å². The lowest BCUT2D eigenvalue weighted by Gasteiger charge is -2.27. The third-order valence-electron chi connectivity index (χ3n) is 5.57. The predicted molar refractivity (Wildman–Crippen MR) is 129 cm³/mol. The van der Waals surface area contributed by atoms with E-state index in [0.717, 1.165) is 25.0 Å². The van der Waals surface area contributed by atoms with Crippen molar-refractivity contribution in [3.8, 4) is 28.7 Å². The summed E-state index contributed by atoms with van der Waals surface area (Å²) in [7, 11) is 4.74. The molecule has 3 atom stereocenters. The molecular weight excluding hydrogens is 430 g/mol. The molecule has 0 amide bonds. The first-order valence-electron chi connectivity index (χ1n) is 10.7. The van der Waals surface area contributed by atoms with Gasteiger partial charge in [0.2, 0.25) is 5.75 Å². The minimum Gasteiger partial charge on any atom is -0.493 e. The van der Waals surface area contributed by atoms with E-state index in [2.05, 4.69) is 38.2 Å². The van der Waals surface area contributed by atoms with Gasteiger partial charge in [-0.1, -0.05) is 12.1 Å². The Balaban J connectivity index is 0.00000363. The van der Waals surface area contributed by atoms with Crippen LogP contribution >= 0.6 is 12.4 Å². The fraction of sp³-hybridized carbons (Fsp3) is 0.520. The maximum absolute atomic E-state index is 10.4. The molecule has 0 radical (unpaired) electrons. The van der Waals surface area contributed by atoms with E-state index in [1.165, 1.54) is 5.56 Å². The van der Waals surface area contributed by atoms with Crippen molar-refractivity contribution < 1.29 is 24.1 Å². The van der Waals surface area contributed by atoms with Crippen LogP contribution in [0.25, 0.3) is 0 Å². The molecule has 3 rings (SSSR count). The Kier molecular flexibility index (Phi) is 9.08. The van der Waals surface area contributed by atoms with Crippen molar-refractivity contribution in [2.75, 3.05) is 21.3 Å². The molecule has 1 aliphatic rings. The van der Waals surface area contributed by atoms with Crippen LogP contribution in [0.15, 0.2) is 36.4 Å². The molecule has 3 unspecified atom stereocenters. The SMILES string of the molecule is COc1cc(Oc2ccc(CC3CC(O)C(NC(C)(C)C)C3)cc2)cc(OC)c1OC.Cl. The van der Waals surface area contributed by atoms with Gasteiger partial charge in [0.05, 0.1) is 27.4 Å². The highest BCUT2D eigenvalue weighted by Crippen LogP contribution is 2.42. The molecule has 1 saturated carbocycles. The lowest BCUT2D eigenvalue weighted by molar-refractivity contribution is 0.133. The molecule has 2 aromatic rings. The van der Waals surface area contributed by atoms with Crippen molar-refractivity contribution in [1.29, 1.82) is 0 Å². The Morgan fingerprint density at radius 3 is 2.00 bits per heavy atom. The van der Waals surface area contributed by atoms with Crippen LogP contribution in [-0.4, -0.2) is 44.1 Å². The maximum Gasteiger partial charge on any atom is 0.203 e. The number of benzene rings is 2. The van der Waals surface area contributed by atoms with Crippen LogP contribution in [0.2, 0.25) is 0 Å². The molecule has 7 heteroatoms. The van der Waals surface area contributed by atoms with E-state index in [0.29, 0.717) is 28.9 Å². The predicted octanol–water partition coefficient (Wildman–Crippen LogP) is 5.00. The smallest absolute Gasteiger partial charge is 0.203 e. The molecule has 1 fully saturated rings. The Morgan fingerprint density at radius 2 is 1.50 bits per heavy atom. The Morgan fingerprint density at radius 1 is 0.906 bits per heavy atom. The topological polar surface area (TPSA) is 69.2 Å². The standard InChI is InChI=1S/C25H35NO5.ClH/c1-25(2,3)26-20-12-17(13-21(20)27)11-16-7-9-18(10-8-16)31-19-14-22(28-4)24(30-6)23(15-19)29-5;/h7-10,14-15,17,20-21,26-27H,11-13H2,1-6H3;1H. The quantitative estimate of drug-likeness (QED) is 0.572. The van der Waals surface area contributed by atoms with Crippen LogP contribution in [0.5, 0.6) is 28.7 Å². The summed E-state index contributed by atoms with van der Waals surface area (Å²) in [6.07, 6.45) is 2.48. The molecule has 6 nitrogen and oxygen atoms in total. The van der Waals surface area contributed by atoms with Crippen molar-refractivity contribution >= 4 is 12.4 Å². The summed E-state index contributed by atoms with van der Waals surface area (Å²) in [5.74, 6) is 3.44. The first kappa shape index (κ1) is 26.1. The third-order valence-corrected chi connectivity index (χ3v) is 5.57. The summed E-state index contributed by atoms with van der Waals surface area (Å²) in [4.78, 5) is 0. The van der Waals surface area contributed by atoms with Gasteiger partial charge in [-0.3, -0.25) is 0 Å². The van der Waals surface area contributed by atoms with E-state index in [-0.39, 0.29) is 30.1 Å². The average molecular weight is 466 g/mol. The van der Waals surface area contributed by atoms with Gasteiger partial charge in [0.1, 0.15) is 11.5 Å². The minimum atomic E-state index is -0.285. The van der Waals surface area contributed by atoms with Crippen molar-refractivity contribution in [3.63, 3.8) is 0 Å². The summed E-state index contributed by atoms with van der Waals surface area (Å²) in [5, 5.41) is 14.0. The van der Waals surface area contributed by atoms with E-state index < -0.39 is 0 Å². The number of halogens is 1. The Labute approximate surface area is 197 Å². The molecular formula is C25H36ClNO5. The highest BCUT2D eigenvalue weighted by atomic mass is 35.5. The van der Waals surface area contributed by atoms with Gasteiger partial charge in [-0.2, -0.15) is 0 Å². The normalized spacial score (nSPS) is 20.4. The number of hydrogen-bond donors (Lipinski definition) is 2. The van der Waals surface area contributed by atoms with Crippen LogP contribution in [0, 0.1) is 5.92 Å². The first-order chi connectivity index (χ1) is 14.7. The van der Waals surface area contributed by atoms with Gasteiger partial charge in [0.15, 0.2) is 11.5 Å². The fourth-order valence-electron chi connectivity index (χ4n) is 4.28. The first-order valence-corrected chi connectivity index (χ1v) is 10.7. The number of nitrogens with one attached hydrogen (secondary N) is 1. The molecule has 0 heterocycles. The number of aliphatic hydroxyl groups excluding tert-OH is 1. The summed E-state index contributed by atoms with van der Waals surface area (Å²) in [6.45, 7) is 6.42. The highest BCUT2D eigenvalue weighted by Gasteiger charge is 2.34. The van der Waals surface area contributed by atoms with Crippen molar-refractivity contribution in [1.82, 2.24) is 5.32 Å². The lowest BCUT2D eigenvalue weighted by Crippen LogP contribution is -2.47. The van der Waals surface area contributed by atoms with Gasteiger partial charge in [-0.25, -0.2) is 0 Å². The van der Waals surface area contributed by atoms with E-state index in [4.69, 9.17) is 18.9 Å². The molecule has 2 N–H and O–H groups in total. The number of ether oxygens (including phenoxy) is 4. The van der Waals surface area contributed by atoms with Crippen molar-refractivity contribution in [2.24, 2.45) is 5.92 Å². The molecule has 0 spiro atoms. The van der Waals surface area contributed by atoms with Gasteiger partial charge >= 0.3 is 0 Å². The monoisotopic (exact) mass is 465 g/mol. The molecule has 0 bridgehead atoms. The number of aliphatic hydroxyl groups is 1. The summed E-state index contributed by atoms with van der Waals surface area (Å²) in [6, 6.07) is 11.8. The van der Waals surface area contributed by atoms with Gasteiger partial charge in [-0.15, -0.1) is 12.4 Å². The summed E-state index contributed by atoms with van der Waals surface area (Å²) >= 11 is 0. The van der Waals surface area contributed by atoms with E-state index in [9.17, 15) is 5.11 Å². The lowest BCUT2D eigenvalue weighted by atomic mass is 9.97. The van der Waals surface area contributed by atoms with Gasteiger partial charge in [-0.05, 0) is 63.6 Å². The van der Waals surface area contributed by atoms with Crippen LogP contribution in [0.3, 0.4) is 0 Å². The van der Waals surface area contributed by atoms with Crippen molar-refractivity contribution in [3.05, 3.63) is 42.0 Å². The highest BCUT2D eigenvalue weighted by molar-refractivity contribution is 5.85. The molecule has 2 aromatic carbocycles. The van der Waals surface area contributed by atoms with Gasteiger partial charge < -0.3 is 29.4 Å². The second-order valence-electron chi connectivity index (χ2n) is 9.22. The minimum absolute atomic E-state index is 0. The molecule has 0 aromatic heterocycles. The van der Waals surface area contributed by atoms with Gasteiger partial charge in [0, 0.05) is 23.7 Å². The summed E-state index contributed by atoms with van der Waals surface area (Å²) in [5.41, 5.74) is 1.25. The zero-order valence-corrected chi connectivity index (χ0v) is 20.6. The third kappa shape index (κ3) is 6.67. The zero-order chi connectivity index (χ0) is 22.6. The summed E-state index contributed by atoms with van der Waals surface area (Å²) < 4.78 is 22.1. The Hall–Kier alpha value is -2.15.